The van der Waals surface area contributed by atoms with Gasteiger partial charge in [-0.2, -0.15) is 0 Å². The van der Waals surface area contributed by atoms with Gasteiger partial charge in [-0.05, 0) is 66.8 Å². The van der Waals surface area contributed by atoms with Gasteiger partial charge in [-0.15, -0.1) is 11.8 Å². The molecule has 1 aliphatic rings. The molecule has 2 N–H and O–H groups in total. The van der Waals surface area contributed by atoms with E-state index >= 15 is 0 Å². The second kappa shape index (κ2) is 8.76. The van der Waals surface area contributed by atoms with Gasteiger partial charge in [0, 0.05) is 11.4 Å². The Morgan fingerprint density at radius 3 is 2.40 bits per heavy atom. The van der Waals surface area contributed by atoms with Crippen LogP contribution in [-0.4, -0.2) is 22.8 Å². The second-order valence-electron chi connectivity index (χ2n) is 7.56. The molecular weight excluding hydrogens is 392 g/mol. The molecule has 0 saturated heterocycles. The smallest absolute Gasteiger partial charge is 0.237 e. The van der Waals surface area contributed by atoms with Crippen LogP contribution in [0.3, 0.4) is 0 Å². The van der Waals surface area contributed by atoms with Gasteiger partial charge in [-0.25, -0.2) is 0 Å². The van der Waals surface area contributed by atoms with Crippen LogP contribution < -0.4 is 10.6 Å². The minimum Gasteiger partial charge on any atom is -0.325 e. The van der Waals surface area contributed by atoms with Crippen molar-refractivity contribution < 1.29 is 9.59 Å². The number of carbonyl (C=O) groups is 2. The fourth-order valence-electron chi connectivity index (χ4n) is 3.56. The Labute approximate surface area is 181 Å². The number of benzene rings is 3. The Hall–Kier alpha value is -3.05. The quantitative estimate of drug-likeness (QED) is 0.450. The van der Waals surface area contributed by atoms with Crippen molar-refractivity contribution in [1.29, 1.82) is 0 Å². The van der Waals surface area contributed by atoms with Gasteiger partial charge in [-0.3, -0.25) is 9.59 Å². The molecule has 0 heterocycles. The first-order valence-electron chi connectivity index (χ1n) is 10.00. The average molecular weight is 417 g/mol. The van der Waals surface area contributed by atoms with Crippen LogP contribution in [0.1, 0.15) is 23.6 Å². The highest BCUT2D eigenvalue weighted by Gasteiger charge is 2.20. The van der Waals surface area contributed by atoms with E-state index < -0.39 is 0 Å². The van der Waals surface area contributed by atoms with Crippen molar-refractivity contribution in [3.63, 3.8) is 0 Å². The Balaban J connectivity index is 1.32. The summed E-state index contributed by atoms with van der Waals surface area (Å²) in [7, 11) is 0. The highest BCUT2D eigenvalue weighted by molar-refractivity contribution is 8.01. The van der Waals surface area contributed by atoms with E-state index in [0.717, 1.165) is 23.4 Å². The molecule has 4 nitrogen and oxygen atoms in total. The van der Waals surface area contributed by atoms with Gasteiger partial charge >= 0.3 is 0 Å². The second-order valence-corrected chi connectivity index (χ2v) is 8.89. The van der Waals surface area contributed by atoms with Gasteiger partial charge in [0.1, 0.15) is 0 Å². The molecule has 0 saturated carbocycles. The van der Waals surface area contributed by atoms with Gasteiger partial charge in [0.25, 0.3) is 0 Å². The maximum absolute atomic E-state index is 12.6. The summed E-state index contributed by atoms with van der Waals surface area (Å²) < 4.78 is 0. The van der Waals surface area contributed by atoms with Gasteiger partial charge in [0.15, 0.2) is 0 Å². The lowest BCUT2D eigenvalue weighted by Crippen LogP contribution is -2.25. The van der Waals surface area contributed by atoms with Crippen LogP contribution in [0.15, 0.2) is 66.7 Å². The maximum atomic E-state index is 12.6. The number of anilines is 2. The van der Waals surface area contributed by atoms with Crippen LogP contribution in [0, 0.1) is 6.92 Å². The van der Waals surface area contributed by atoms with Gasteiger partial charge in [0.05, 0.1) is 11.0 Å². The molecule has 1 atom stereocenters. The molecule has 30 heavy (non-hydrogen) atoms. The van der Waals surface area contributed by atoms with Crippen molar-refractivity contribution in [1.82, 2.24) is 0 Å². The van der Waals surface area contributed by atoms with E-state index in [-0.39, 0.29) is 22.8 Å². The Morgan fingerprint density at radius 2 is 1.60 bits per heavy atom. The van der Waals surface area contributed by atoms with Crippen LogP contribution in [0.25, 0.3) is 11.1 Å². The molecule has 0 fully saturated rings. The largest absolute Gasteiger partial charge is 0.325 e. The summed E-state index contributed by atoms with van der Waals surface area (Å²) in [5.74, 6) is 0.00652. The molecule has 152 valence electrons. The average Bonchev–Trinajstić information content (AvgIpc) is 3.11. The van der Waals surface area contributed by atoms with Crippen LogP contribution in [-0.2, 0) is 16.0 Å². The molecule has 3 aromatic carbocycles. The topological polar surface area (TPSA) is 58.2 Å². The Kier molecular flexibility index (Phi) is 5.91. The lowest BCUT2D eigenvalue weighted by molar-refractivity contribution is -0.115. The molecule has 5 heteroatoms. The fourth-order valence-corrected chi connectivity index (χ4v) is 4.24. The predicted octanol–water partition coefficient (Wildman–Crippen LogP) is 5.27. The first-order chi connectivity index (χ1) is 14.5. The van der Waals surface area contributed by atoms with E-state index in [4.69, 9.17) is 0 Å². The van der Waals surface area contributed by atoms with Crippen LogP contribution in [0.2, 0.25) is 0 Å². The third-order valence-electron chi connectivity index (χ3n) is 5.23. The zero-order chi connectivity index (χ0) is 21.1. The van der Waals surface area contributed by atoms with Crippen LogP contribution in [0.4, 0.5) is 11.4 Å². The summed E-state index contributed by atoms with van der Waals surface area (Å²) >= 11 is 1.32. The number of aryl methyl sites for hydroxylation is 1. The number of hydrogen-bond acceptors (Lipinski definition) is 3. The van der Waals surface area contributed by atoms with E-state index in [1.165, 1.54) is 34.0 Å². The number of nitrogens with one attached hydrogen (secondary N) is 2. The van der Waals surface area contributed by atoms with Gasteiger partial charge < -0.3 is 10.6 Å². The number of fused-ring (bicyclic) bond motifs is 3. The molecule has 3 aromatic rings. The number of hydrogen-bond donors (Lipinski definition) is 2. The van der Waals surface area contributed by atoms with Crippen LogP contribution in [0.5, 0.6) is 0 Å². The van der Waals surface area contributed by atoms with Crippen molar-refractivity contribution in [3.05, 3.63) is 83.4 Å². The first-order valence-corrected chi connectivity index (χ1v) is 11.0. The van der Waals surface area contributed by atoms with Crippen molar-refractivity contribution >= 4 is 35.0 Å². The zero-order valence-corrected chi connectivity index (χ0v) is 17.9. The molecule has 0 aliphatic heterocycles. The van der Waals surface area contributed by atoms with Crippen molar-refractivity contribution in [2.24, 2.45) is 0 Å². The highest BCUT2D eigenvalue weighted by Crippen LogP contribution is 2.37. The molecule has 0 aromatic heterocycles. The molecular formula is C25H24N2O2S. The first kappa shape index (κ1) is 20.2. The minimum absolute atomic E-state index is 0.102. The standard InChI is InChI=1S/C25H24N2O2S/c1-16-7-10-20(11-8-16)26-24(28)15-30-17(2)25(29)27-21-12-9-19-13-18-5-3-4-6-22(18)23(19)14-21/h3-12,14,17H,13,15H2,1-2H3,(H,26,28)(H,27,29)/t17-/m0/s1. The number of thioether (sulfide) groups is 1. The zero-order valence-electron chi connectivity index (χ0n) is 17.1. The molecule has 0 bridgehead atoms. The molecule has 0 radical (unpaired) electrons. The molecule has 2 amide bonds. The summed E-state index contributed by atoms with van der Waals surface area (Å²) in [6.45, 7) is 3.82. The Morgan fingerprint density at radius 1 is 0.900 bits per heavy atom. The predicted molar refractivity (Wildman–Crippen MR) is 125 cm³/mol. The third kappa shape index (κ3) is 4.57. The molecule has 1 aliphatic carbocycles. The summed E-state index contributed by atoms with van der Waals surface area (Å²) in [5, 5.41) is 5.51. The monoisotopic (exact) mass is 416 g/mol. The van der Waals surface area contributed by atoms with Crippen molar-refractivity contribution in [2.75, 3.05) is 16.4 Å². The highest BCUT2D eigenvalue weighted by atomic mass is 32.2. The maximum Gasteiger partial charge on any atom is 0.237 e. The van der Waals surface area contributed by atoms with E-state index in [9.17, 15) is 9.59 Å². The fraction of sp³-hybridized carbons (Fsp3) is 0.200. The van der Waals surface area contributed by atoms with E-state index in [2.05, 4.69) is 34.9 Å². The number of rotatable bonds is 6. The van der Waals surface area contributed by atoms with E-state index in [1.807, 2.05) is 56.3 Å². The third-order valence-corrected chi connectivity index (χ3v) is 6.38. The summed E-state index contributed by atoms with van der Waals surface area (Å²) in [5.41, 5.74) is 7.71. The minimum atomic E-state index is -0.339. The molecule has 0 spiro atoms. The van der Waals surface area contributed by atoms with Crippen molar-refractivity contribution in [3.8, 4) is 11.1 Å². The van der Waals surface area contributed by atoms with E-state index in [1.54, 1.807) is 0 Å². The SMILES string of the molecule is Cc1ccc(NC(=O)CS[C@@H](C)C(=O)Nc2ccc3c(c2)-c2ccccc2C3)cc1. The Bertz CT molecular complexity index is 1090. The van der Waals surface area contributed by atoms with Gasteiger partial charge in [-0.1, -0.05) is 48.0 Å². The number of carbonyl (C=O) groups excluding carboxylic acids is 2. The van der Waals surface area contributed by atoms with Crippen molar-refractivity contribution in [2.45, 2.75) is 25.5 Å². The number of amides is 2. The molecule has 0 unspecified atom stereocenters. The summed E-state index contributed by atoms with van der Waals surface area (Å²) in [6.07, 6.45) is 0.933. The molecule has 4 rings (SSSR count). The summed E-state index contributed by atoms with van der Waals surface area (Å²) in [4.78, 5) is 24.8. The van der Waals surface area contributed by atoms with Gasteiger partial charge in [0.2, 0.25) is 11.8 Å². The summed E-state index contributed by atoms with van der Waals surface area (Å²) in [6, 6.07) is 22.1. The van der Waals surface area contributed by atoms with Crippen LogP contribution >= 0.6 is 11.8 Å². The lowest BCUT2D eigenvalue weighted by Gasteiger charge is -2.13. The normalized spacial score (nSPS) is 12.6. The van der Waals surface area contributed by atoms with E-state index in [0.29, 0.717) is 0 Å². The lowest BCUT2D eigenvalue weighted by atomic mass is 10.1.